The number of aromatic nitrogens is 2. The molecule has 0 radical (unpaired) electrons. The van der Waals surface area contributed by atoms with Gasteiger partial charge in [-0.2, -0.15) is 0 Å². The minimum Gasteiger partial charge on any atom is -0.299 e. The van der Waals surface area contributed by atoms with E-state index in [1.165, 1.54) is 5.56 Å². The summed E-state index contributed by atoms with van der Waals surface area (Å²) in [5.41, 5.74) is 4.55. The summed E-state index contributed by atoms with van der Waals surface area (Å²) >= 11 is 3.51. The molecule has 0 amide bonds. The molecule has 0 atom stereocenters. The first kappa shape index (κ1) is 10.5. The summed E-state index contributed by atoms with van der Waals surface area (Å²) in [5, 5.41) is 0. The molecule has 0 unspecified atom stereocenters. The lowest BCUT2D eigenvalue weighted by molar-refractivity contribution is 1.07. The van der Waals surface area contributed by atoms with Crippen LogP contribution < -0.4 is 0 Å². The maximum atomic E-state index is 4.41. The number of imidazole rings is 1. The van der Waals surface area contributed by atoms with Gasteiger partial charge in [0.2, 0.25) is 0 Å². The van der Waals surface area contributed by atoms with Crippen LogP contribution in [0.3, 0.4) is 0 Å². The minimum absolute atomic E-state index is 1.02. The van der Waals surface area contributed by atoms with Gasteiger partial charge < -0.3 is 0 Å². The molecule has 0 N–H and O–H groups in total. The topological polar surface area (TPSA) is 17.8 Å². The van der Waals surface area contributed by atoms with E-state index in [9.17, 15) is 0 Å². The van der Waals surface area contributed by atoms with E-state index in [0.717, 1.165) is 21.2 Å². The molecule has 0 fully saturated rings. The van der Waals surface area contributed by atoms with Crippen LogP contribution in [-0.2, 0) is 0 Å². The van der Waals surface area contributed by atoms with E-state index < -0.39 is 0 Å². The quantitative estimate of drug-likeness (QED) is 0.659. The van der Waals surface area contributed by atoms with Gasteiger partial charge in [-0.15, -0.1) is 0 Å². The standard InChI is InChI=1S/C14H11BrN2/c1-10-6-7-11(15)8-14(10)17-9-16-12-4-2-3-5-13(12)17/h2-9H,1H3. The van der Waals surface area contributed by atoms with Gasteiger partial charge in [0, 0.05) is 4.47 Å². The molecule has 3 aromatic rings. The molecule has 2 aromatic carbocycles. The molecule has 17 heavy (non-hydrogen) atoms. The number of nitrogens with zero attached hydrogens (tertiary/aromatic N) is 2. The Morgan fingerprint density at radius 3 is 2.82 bits per heavy atom. The smallest absolute Gasteiger partial charge is 0.100 e. The minimum atomic E-state index is 1.02. The average Bonchev–Trinajstić information content (AvgIpc) is 2.76. The highest BCUT2D eigenvalue weighted by atomic mass is 79.9. The van der Waals surface area contributed by atoms with E-state index in [1.54, 1.807) is 0 Å². The van der Waals surface area contributed by atoms with Gasteiger partial charge in [-0.3, -0.25) is 4.57 Å². The van der Waals surface area contributed by atoms with Crippen LogP contribution in [0.25, 0.3) is 16.7 Å². The zero-order chi connectivity index (χ0) is 11.8. The number of hydrogen-bond acceptors (Lipinski definition) is 1. The molecule has 0 aliphatic carbocycles. The van der Waals surface area contributed by atoms with Crippen molar-refractivity contribution in [1.29, 1.82) is 0 Å². The fourth-order valence-electron chi connectivity index (χ4n) is 1.99. The molecular formula is C14H11BrN2. The third-order valence-corrected chi connectivity index (χ3v) is 3.38. The summed E-state index contributed by atoms with van der Waals surface area (Å²) < 4.78 is 3.20. The summed E-state index contributed by atoms with van der Waals surface area (Å²) in [7, 11) is 0. The van der Waals surface area contributed by atoms with Crippen molar-refractivity contribution in [1.82, 2.24) is 9.55 Å². The summed E-state index contributed by atoms with van der Waals surface area (Å²) in [5.74, 6) is 0. The van der Waals surface area contributed by atoms with Crippen molar-refractivity contribution < 1.29 is 0 Å². The molecule has 84 valence electrons. The van der Waals surface area contributed by atoms with Crippen LogP contribution in [0.4, 0.5) is 0 Å². The second-order valence-electron chi connectivity index (χ2n) is 4.03. The second kappa shape index (κ2) is 4.00. The summed E-state index contributed by atoms with van der Waals surface area (Å²) in [4.78, 5) is 4.41. The van der Waals surface area contributed by atoms with Crippen molar-refractivity contribution in [3.8, 4) is 5.69 Å². The van der Waals surface area contributed by atoms with Crippen LogP contribution in [-0.4, -0.2) is 9.55 Å². The molecule has 3 rings (SSSR count). The van der Waals surface area contributed by atoms with E-state index in [4.69, 9.17) is 0 Å². The van der Waals surface area contributed by atoms with E-state index in [2.05, 4.69) is 56.7 Å². The summed E-state index contributed by atoms with van der Waals surface area (Å²) in [6.07, 6.45) is 1.87. The molecule has 0 aliphatic rings. The van der Waals surface area contributed by atoms with Crippen molar-refractivity contribution in [2.75, 3.05) is 0 Å². The van der Waals surface area contributed by atoms with Crippen molar-refractivity contribution in [3.63, 3.8) is 0 Å². The van der Waals surface area contributed by atoms with Crippen molar-refractivity contribution in [2.45, 2.75) is 6.92 Å². The molecule has 0 saturated carbocycles. The molecule has 0 saturated heterocycles. The Balaban J connectivity index is 2.31. The maximum absolute atomic E-state index is 4.41. The number of rotatable bonds is 1. The zero-order valence-corrected chi connectivity index (χ0v) is 11.0. The normalized spacial score (nSPS) is 10.9. The predicted molar refractivity (Wildman–Crippen MR) is 73.5 cm³/mol. The average molecular weight is 287 g/mol. The number of para-hydroxylation sites is 2. The van der Waals surface area contributed by atoms with Gasteiger partial charge in [-0.05, 0) is 36.8 Å². The van der Waals surface area contributed by atoms with E-state index in [-0.39, 0.29) is 0 Å². The highest BCUT2D eigenvalue weighted by Gasteiger charge is 2.06. The first-order valence-electron chi connectivity index (χ1n) is 5.44. The number of benzene rings is 2. The van der Waals surface area contributed by atoms with Gasteiger partial charge in [-0.25, -0.2) is 4.98 Å². The lowest BCUT2D eigenvalue weighted by atomic mass is 10.2. The SMILES string of the molecule is Cc1ccc(Br)cc1-n1cnc2ccccc21. The second-order valence-corrected chi connectivity index (χ2v) is 4.95. The Bertz CT molecular complexity index is 686. The monoisotopic (exact) mass is 286 g/mol. The van der Waals surface area contributed by atoms with Gasteiger partial charge in [0.05, 0.1) is 16.7 Å². The van der Waals surface area contributed by atoms with Crippen molar-refractivity contribution in [3.05, 3.63) is 58.8 Å². The number of hydrogen-bond donors (Lipinski definition) is 0. The lowest BCUT2D eigenvalue weighted by Gasteiger charge is -2.08. The zero-order valence-electron chi connectivity index (χ0n) is 9.39. The Hall–Kier alpha value is -1.61. The summed E-state index contributed by atoms with van der Waals surface area (Å²) in [6.45, 7) is 2.11. The van der Waals surface area contributed by atoms with E-state index >= 15 is 0 Å². The number of fused-ring (bicyclic) bond motifs is 1. The molecule has 0 bridgehead atoms. The van der Waals surface area contributed by atoms with Gasteiger partial charge in [-0.1, -0.05) is 34.1 Å². The van der Waals surface area contributed by atoms with Gasteiger partial charge in [0.25, 0.3) is 0 Å². The fourth-order valence-corrected chi connectivity index (χ4v) is 2.34. The van der Waals surface area contributed by atoms with Crippen molar-refractivity contribution >= 4 is 27.0 Å². The molecule has 2 nitrogen and oxygen atoms in total. The highest BCUT2D eigenvalue weighted by Crippen LogP contribution is 2.23. The van der Waals surface area contributed by atoms with Crippen LogP contribution in [0.2, 0.25) is 0 Å². The highest BCUT2D eigenvalue weighted by molar-refractivity contribution is 9.10. The van der Waals surface area contributed by atoms with E-state index in [0.29, 0.717) is 0 Å². The first-order valence-corrected chi connectivity index (χ1v) is 6.23. The maximum Gasteiger partial charge on any atom is 0.100 e. The molecule has 0 aliphatic heterocycles. The molecule has 0 spiro atoms. The number of aryl methyl sites for hydroxylation is 1. The molecule has 1 heterocycles. The van der Waals surface area contributed by atoms with Crippen LogP contribution in [0.1, 0.15) is 5.56 Å². The van der Waals surface area contributed by atoms with Crippen LogP contribution in [0.15, 0.2) is 53.3 Å². The fraction of sp³-hybridized carbons (Fsp3) is 0.0714. The van der Waals surface area contributed by atoms with Gasteiger partial charge in [0.1, 0.15) is 6.33 Å². The molecule has 1 aromatic heterocycles. The Morgan fingerprint density at radius 1 is 1.12 bits per heavy atom. The first-order chi connectivity index (χ1) is 8.25. The van der Waals surface area contributed by atoms with Crippen LogP contribution >= 0.6 is 15.9 Å². The lowest BCUT2D eigenvalue weighted by Crippen LogP contribution is -1.95. The van der Waals surface area contributed by atoms with E-state index in [1.807, 2.05) is 24.5 Å². The largest absolute Gasteiger partial charge is 0.299 e. The molecule has 3 heteroatoms. The Kier molecular flexibility index (Phi) is 2.48. The summed E-state index contributed by atoms with van der Waals surface area (Å²) in [6, 6.07) is 14.4. The third kappa shape index (κ3) is 1.76. The number of halogens is 1. The predicted octanol–water partition coefficient (Wildman–Crippen LogP) is 4.10. The molecular weight excluding hydrogens is 276 g/mol. The Labute approximate surface area is 108 Å². The van der Waals surface area contributed by atoms with Gasteiger partial charge >= 0.3 is 0 Å². The Morgan fingerprint density at radius 2 is 1.94 bits per heavy atom. The van der Waals surface area contributed by atoms with Crippen molar-refractivity contribution in [2.24, 2.45) is 0 Å². The van der Waals surface area contributed by atoms with Crippen LogP contribution in [0.5, 0.6) is 0 Å². The van der Waals surface area contributed by atoms with Gasteiger partial charge in [0.15, 0.2) is 0 Å². The van der Waals surface area contributed by atoms with Crippen LogP contribution in [0, 0.1) is 6.92 Å². The third-order valence-electron chi connectivity index (χ3n) is 2.88.